The average Bonchev–Trinajstić information content (AvgIpc) is 2.39. The number of benzene rings is 1. The Bertz CT molecular complexity index is 719. The SMILES string of the molecule is Cc1cc(C#N)nc(Nc2ccc(F)c(C(F)(F)F)c2)n1. The molecule has 4 nitrogen and oxygen atoms in total. The summed E-state index contributed by atoms with van der Waals surface area (Å²) in [5, 5.41) is 11.3. The van der Waals surface area contributed by atoms with Crippen molar-refractivity contribution < 1.29 is 17.6 Å². The van der Waals surface area contributed by atoms with E-state index in [1.165, 1.54) is 6.07 Å². The number of halogens is 4. The van der Waals surface area contributed by atoms with Gasteiger partial charge in [-0.2, -0.15) is 18.4 Å². The van der Waals surface area contributed by atoms with Crippen LogP contribution in [0, 0.1) is 24.1 Å². The maximum Gasteiger partial charge on any atom is 0.419 e. The first kappa shape index (κ1) is 14.7. The van der Waals surface area contributed by atoms with Gasteiger partial charge >= 0.3 is 6.18 Å². The van der Waals surface area contributed by atoms with E-state index in [1.807, 2.05) is 6.07 Å². The minimum absolute atomic E-state index is 0.0294. The summed E-state index contributed by atoms with van der Waals surface area (Å²) in [6, 6.07) is 5.68. The van der Waals surface area contributed by atoms with Crippen molar-refractivity contribution in [3.05, 3.63) is 47.0 Å². The van der Waals surface area contributed by atoms with E-state index in [9.17, 15) is 17.6 Å². The summed E-state index contributed by atoms with van der Waals surface area (Å²) >= 11 is 0. The van der Waals surface area contributed by atoms with Gasteiger partial charge in [-0.3, -0.25) is 0 Å². The number of nitrogens with zero attached hydrogens (tertiary/aromatic N) is 3. The summed E-state index contributed by atoms with van der Waals surface area (Å²) in [4.78, 5) is 7.75. The van der Waals surface area contributed by atoms with Gasteiger partial charge in [-0.25, -0.2) is 14.4 Å². The average molecular weight is 296 g/mol. The van der Waals surface area contributed by atoms with Crippen LogP contribution in [0.5, 0.6) is 0 Å². The summed E-state index contributed by atoms with van der Waals surface area (Å²) in [5.74, 6) is -1.40. The molecule has 0 fully saturated rings. The molecule has 0 unspecified atom stereocenters. The standard InChI is InChI=1S/C13H8F4N4/c1-7-4-9(6-18)21-12(19-7)20-8-2-3-11(14)10(5-8)13(15,16)17/h2-5H,1H3,(H,19,20,21). The first-order valence-corrected chi connectivity index (χ1v) is 5.69. The van der Waals surface area contributed by atoms with Crippen molar-refractivity contribution in [1.29, 1.82) is 5.26 Å². The number of hydrogen-bond donors (Lipinski definition) is 1. The first-order valence-electron chi connectivity index (χ1n) is 5.69. The van der Waals surface area contributed by atoms with Gasteiger partial charge in [0, 0.05) is 11.4 Å². The normalized spacial score (nSPS) is 11.0. The van der Waals surface area contributed by atoms with Crippen molar-refractivity contribution in [2.45, 2.75) is 13.1 Å². The molecule has 1 N–H and O–H groups in total. The van der Waals surface area contributed by atoms with E-state index < -0.39 is 17.6 Å². The fourth-order valence-corrected chi connectivity index (χ4v) is 1.63. The molecule has 0 aliphatic rings. The van der Waals surface area contributed by atoms with Gasteiger partial charge in [0.25, 0.3) is 0 Å². The van der Waals surface area contributed by atoms with Crippen molar-refractivity contribution in [3.63, 3.8) is 0 Å². The maximum atomic E-state index is 13.2. The minimum Gasteiger partial charge on any atom is -0.324 e. The molecule has 21 heavy (non-hydrogen) atoms. The molecule has 0 atom stereocenters. The van der Waals surface area contributed by atoms with Gasteiger partial charge in [0.2, 0.25) is 5.95 Å². The van der Waals surface area contributed by atoms with Gasteiger partial charge in [-0.1, -0.05) is 0 Å². The molecule has 0 aliphatic heterocycles. The Kier molecular flexibility index (Phi) is 3.76. The highest BCUT2D eigenvalue weighted by Gasteiger charge is 2.34. The Balaban J connectivity index is 2.37. The summed E-state index contributed by atoms with van der Waals surface area (Å²) < 4.78 is 51.0. The van der Waals surface area contributed by atoms with Gasteiger partial charge in [0.1, 0.15) is 17.6 Å². The molecule has 2 aromatic rings. The number of alkyl halides is 3. The van der Waals surface area contributed by atoms with Gasteiger partial charge in [-0.15, -0.1) is 0 Å². The zero-order valence-electron chi connectivity index (χ0n) is 10.7. The predicted octanol–water partition coefficient (Wildman–Crippen LogP) is 3.56. The van der Waals surface area contributed by atoms with Gasteiger partial charge in [-0.05, 0) is 31.2 Å². The number of aromatic nitrogens is 2. The molecule has 0 amide bonds. The smallest absolute Gasteiger partial charge is 0.324 e. The van der Waals surface area contributed by atoms with Crippen LogP contribution in [0.4, 0.5) is 29.2 Å². The van der Waals surface area contributed by atoms with Crippen LogP contribution in [0.2, 0.25) is 0 Å². The lowest BCUT2D eigenvalue weighted by atomic mass is 10.2. The Morgan fingerprint density at radius 1 is 1.19 bits per heavy atom. The number of rotatable bonds is 2. The molecule has 0 saturated heterocycles. The molecule has 8 heteroatoms. The van der Waals surface area contributed by atoms with Crippen LogP contribution in [0.3, 0.4) is 0 Å². The van der Waals surface area contributed by atoms with Crippen LogP contribution in [0.1, 0.15) is 17.0 Å². The molecular formula is C13H8F4N4. The molecular weight excluding hydrogens is 288 g/mol. The quantitative estimate of drug-likeness (QED) is 0.861. The first-order chi connectivity index (χ1) is 9.79. The van der Waals surface area contributed by atoms with Crippen LogP contribution in [-0.2, 0) is 6.18 Å². The zero-order chi connectivity index (χ0) is 15.6. The molecule has 0 radical (unpaired) electrons. The third-order valence-corrected chi connectivity index (χ3v) is 2.50. The monoisotopic (exact) mass is 296 g/mol. The van der Waals surface area contributed by atoms with Crippen molar-refractivity contribution >= 4 is 11.6 Å². The summed E-state index contributed by atoms with van der Waals surface area (Å²) in [6.07, 6.45) is -4.80. The Morgan fingerprint density at radius 2 is 1.90 bits per heavy atom. The fourth-order valence-electron chi connectivity index (χ4n) is 1.63. The molecule has 2 rings (SSSR count). The number of aryl methyl sites for hydroxylation is 1. The highest BCUT2D eigenvalue weighted by Crippen LogP contribution is 2.33. The van der Waals surface area contributed by atoms with E-state index in [2.05, 4.69) is 15.3 Å². The second kappa shape index (κ2) is 5.36. The number of nitrogens with one attached hydrogen (secondary N) is 1. The van der Waals surface area contributed by atoms with Crippen LogP contribution < -0.4 is 5.32 Å². The zero-order valence-corrected chi connectivity index (χ0v) is 10.7. The van der Waals surface area contributed by atoms with Gasteiger partial charge in [0.15, 0.2) is 0 Å². The van der Waals surface area contributed by atoms with Crippen molar-refractivity contribution in [2.75, 3.05) is 5.32 Å². The van der Waals surface area contributed by atoms with E-state index in [-0.39, 0.29) is 17.3 Å². The Labute approximate surface area is 117 Å². The van der Waals surface area contributed by atoms with E-state index in [0.717, 1.165) is 6.07 Å². The molecule has 108 valence electrons. The Hall–Kier alpha value is -2.69. The van der Waals surface area contributed by atoms with Crippen LogP contribution in [0.15, 0.2) is 24.3 Å². The number of anilines is 2. The summed E-state index contributed by atoms with van der Waals surface area (Å²) in [7, 11) is 0. The van der Waals surface area contributed by atoms with E-state index in [0.29, 0.717) is 17.8 Å². The van der Waals surface area contributed by atoms with Gasteiger partial charge < -0.3 is 5.32 Å². The molecule has 0 saturated carbocycles. The van der Waals surface area contributed by atoms with Crippen molar-refractivity contribution in [3.8, 4) is 6.07 Å². The lowest BCUT2D eigenvalue weighted by Gasteiger charge is -2.11. The van der Waals surface area contributed by atoms with Crippen LogP contribution in [-0.4, -0.2) is 9.97 Å². The Morgan fingerprint density at radius 3 is 2.52 bits per heavy atom. The van der Waals surface area contributed by atoms with Crippen molar-refractivity contribution in [1.82, 2.24) is 9.97 Å². The predicted molar refractivity (Wildman–Crippen MR) is 66.2 cm³/mol. The lowest BCUT2D eigenvalue weighted by Crippen LogP contribution is -2.09. The highest BCUT2D eigenvalue weighted by molar-refractivity contribution is 5.55. The van der Waals surface area contributed by atoms with E-state index in [1.54, 1.807) is 6.92 Å². The number of nitriles is 1. The topological polar surface area (TPSA) is 61.6 Å². The molecule has 1 aromatic carbocycles. The maximum absolute atomic E-state index is 13.2. The van der Waals surface area contributed by atoms with Gasteiger partial charge in [0.05, 0.1) is 5.56 Å². The summed E-state index contributed by atoms with van der Waals surface area (Å²) in [6.45, 7) is 1.61. The van der Waals surface area contributed by atoms with E-state index in [4.69, 9.17) is 5.26 Å². The third-order valence-electron chi connectivity index (χ3n) is 2.50. The third kappa shape index (κ3) is 3.45. The molecule has 0 bridgehead atoms. The van der Waals surface area contributed by atoms with E-state index >= 15 is 0 Å². The fraction of sp³-hybridized carbons (Fsp3) is 0.154. The second-order valence-electron chi connectivity index (χ2n) is 4.15. The highest BCUT2D eigenvalue weighted by atomic mass is 19.4. The molecule has 0 aliphatic carbocycles. The van der Waals surface area contributed by atoms with Crippen LogP contribution in [0.25, 0.3) is 0 Å². The number of hydrogen-bond acceptors (Lipinski definition) is 4. The molecule has 0 spiro atoms. The van der Waals surface area contributed by atoms with Crippen LogP contribution >= 0.6 is 0 Å². The van der Waals surface area contributed by atoms with Crippen molar-refractivity contribution in [2.24, 2.45) is 0 Å². The largest absolute Gasteiger partial charge is 0.419 e. The lowest BCUT2D eigenvalue weighted by molar-refractivity contribution is -0.139. The molecule has 1 heterocycles. The second-order valence-corrected chi connectivity index (χ2v) is 4.15. The summed E-state index contributed by atoms with van der Waals surface area (Å²) in [5.41, 5.74) is -0.871. The minimum atomic E-state index is -4.80. The molecule has 1 aromatic heterocycles.